The van der Waals surface area contributed by atoms with Crippen LogP contribution in [0.2, 0.25) is 0 Å². The second kappa shape index (κ2) is 7.45. The van der Waals surface area contributed by atoms with E-state index in [1.807, 2.05) is 6.07 Å². The van der Waals surface area contributed by atoms with Crippen molar-refractivity contribution in [2.24, 2.45) is 5.92 Å². The van der Waals surface area contributed by atoms with Gasteiger partial charge in [-0.1, -0.05) is 17.9 Å². The molecule has 2 heterocycles. The summed E-state index contributed by atoms with van der Waals surface area (Å²) in [5, 5.41) is 17.1. The molecule has 4 rings (SSSR count). The topological polar surface area (TPSA) is 125 Å². The van der Waals surface area contributed by atoms with Crippen LogP contribution in [0.5, 0.6) is 5.88 Å². The van der Waals surface area contributed by atoms with E-state index in [9.17, 15) is 9.59 Å². The summed E-state index contributed by atoms with van der Waals surface area (Å²) in [4.78, 5) is 27.9. The lowest BCUT2D eigenvalue weighted by atomic mass is 10.1. The van der Waals surface area contributed by atoms with E-state index in [-0.39, 0.29) is 17.4 Å². The first-order valence-corrected chi connectivity index (χ1v) is 8.84. The van der Waals surface area contributed by atoms with Crippen LogP contribution < -0.4 is 16.0 Å². The number of nitrogens with one attached hydrogen (secondary N) is 2. The van der Waals surface area contributed by atoms with Crippen molar-refractivity contribution in [3.05, 3.63) is 74.1 Å². The SMILES string of the molecule is COc1nnc(-c2c[nH]c(=O)[nH]c2=O)cc1[C@H]1C[C@@H]1C#Cc1cccc(C#N)c1. The van der Waals surface area contributed by atoms with Crippen LogP contribution >= 0.6 is 0 Å². The maximum absolute atomic E-state index is 12.0. The molecule has 8 heteroatoms. The number of rotatable bonds is 3. The number of ether oxygens (including phenoxy) is 1. The van der Waals surface area contributed by atoms with Gasteiger partial charge in [-0.3, -0.25) is 9.78 Å². The summed E-state index contributed by atoms with van der Waals surface area (Å²) in [6.07, 6.45) is 2.14. The van der Waals surface area contributed by atoms with Crippen molar-refractivity contribution in [2.45, 2.75) is 12.3 Å². The summed E-state index contributed by atoms with van der Waals surface area (Å²) in [5.74, 6) is 6.93. The van der Waals surface area contributed by atoms with Gasteiger partial charge in [-0.05, 0) is 30.7 Å². The largest absolute Gasteiger partial charge is 0.480 e. The second-order valence-electron chi connectivity index (χ2n) is 6.59. The van der Waals surface area contributed by atoms with E-state index in [0.717, 1.165) is 17.5 Å². The number of nitriles is 1. The number of aromatic amines is 2. The van der Waals surface area contributed by atoms with Crippen LogP contribution in [0.25, 0.3) is 11.3 Å². The van der Waals surface area contributed by atoms with E-state index < -0.39 is 11.2 Å². The van der Waals surface area contributed by atoms with E-state index in [1.165, 1.54) is 13.3 Å². The molecule has 2 N–H and O–H groups in total. The molecule has 0 saturated heterocycles. The van der Waals surface area contributed by atoms with Crippen molar-refractivity contribution in [1.29, 1.82) is 5.26 Å². The molecule has 0 spiro atoms. The molecule has 3 aromatic rings. The number of benzene rings is 1. The molecular formula is C21H15N5O3. The van der Waals surface area contributed by atoms with Gasteiger partial charge < -0.3 is 9.72 Å². The fourth-order valence-electron chi connectivity index (χ4n) is 3.09. The van der Waals surface area contributed by atoms with Crippen LogP contribution in [-0.4, -0.2) is 27.3 Å². The lowest BCUT2D eigenvalue weighted by Crippen LogP contribution is -2.23. The first-order valence-electron chi connectivity index (χ1n) is 8.84. The molecule has 142 valence electrons. The first kappa shape index (κ1) is 18.2. The number of methoxy groups -OCH3 is 1. The molecule has 1 aromatic carbocycles. The minimum atomic E-state index is -0.585. The molecule has 2 atom stereocenters. The predicted octanol–water partition coefficient (Wildman–Crippen LogP) is 1.56. The van der Waals surface area contributed by atoms with Crippen LogP contribution in [0, 0.1) is 29.1 Å². The lowest BCUT2D eigenvalue weighted by molar-refractivity contribution is 0.386. The third-order valence-electron chi connectivity index (χ3n) is 4.66. The van der Waals surface area contributed by atoms with Gasteiger partial charge >= 0.3 is 5.69 Å². The standard InChI is InChI=1S/C21H15N5O3/c1-29-20-16(9-18(25-26-20)17-11-23-21(28)24-19(17)27)15-8-14(15)6-5-12-3-2-4-13(7-12)10-22/h2-4,7,9,11,14-15H,8H2,1H3,(H2,23,24,27,28)/t14-,15-/m0/s1. The zero-order valence-corrected chi connectivity index (χ0v) is 15.4. The van der Waals surface area contributed by atoms with Crippen LogP contribution in [0.3, 0.4) is 0 Å². The Kier molecular flexibility index (Phi) is 4.68. The summed E-state index contributed by atoms with van der Waals surface area (Å²) in [6, 6.07) is 11.0. The molecule has 29 heavy (non-hydrogen) atoms. The number of hydrogen-bond donors (Lipinski definition) is 2. The van der Waals surface area contributed by atoms with Gasteiger partial charge in [-0.2, -0.15) is 5.26 Å². The summed E-state index contributed by atoms with van der Waals surface area (Å²) in [5.41, 5.74) is 1.61. The summed E-state index contributed by atoms with van der Waals surface area (Å²) < 4.78 is 5.33. The molecule has 0 bridgehead atoms. The molecule has 1 fully saturated rings. The highest BCUT2D eigenvalue weighted by Gasteiger charge is 2.40. The quantitative estimate of drug-likeness (QED) is 0.659. The molecule has 2 aromatic heterocycles. The number of H-pyrrole nitrogens is 2. The van der Waals surface area contributed by atoms with E-state index in [2.05, 4.69) is 38.1 Å². The highest BCUT2D eigenvalue weighted by atomic mass is 16.5. The van der Waals surface area contributed by atoms with E-state index in [4.69, 9.17) is 10.00 Å². The van der Waals surface area contributed by atoms with Gasteiger partial charge in [0.15, 0.2) is 0 Å². The predicted molar refractivity (Wildman–Crippen MR) is 104 cm³/mol. The number of aromatic nitrogens is 4. The Morgan fingerprint density at radius 3 is 2.79 bits per heavy atom. The molecule has 0 aliphatic heterocycles. The minimum Gasteiger partial charge on any atom is -0.480 e. The maximum atomic E-state index is 12.0. The molecule has 1 saturated carbocycles. The average Bonchev–Trinajstić information content (AvgIpc) is 3.51. The molecule has 0 unspecified atom stereocenters. The Balaban J connectivity index is 1.62. The Morgan fingerprint density at radius 2 is 2.03 bits per heavy atom. The fourth-order valence-corrected chi connectivity index (χ4v) is 3.09. The summed E-state index contributed by atoms with van der Waals surface area (Å²) in [7, 11) is 1.51. The van der Waals surface area contributed by atoms with E-state index in [0.29, 0.717) is 17.1 Å². The van der Waals surface area contributed by atoms with Gasteiger partial charge in [-0.25, -0.2) is 4.79 Å². The van der Waals surface area contributed by atoms with Gasteiger partial charge in [-0.15, -0.1) is 10.2 Å². The molecular weight excluding hydrogens is 370 g/mol. The van der Waals surface area contributed by atoms with Gasteiger partial charge in [0.2, 0.25) is 5.88 Å². The van der Waals surface area contributed by atoms with Crippen molar-refractivity contribution in [3.63, 3.8) is 0 Å². The zero-order chi connectivity index (χ0) is 20.4. The fraction of sp³-hybridized carbons (Fsp3) is 0.190. The van der Waals surface area contributed by atoms with Crippen molar-refractivity contribution >= 4 is 0 Å². The molecule has 1 aliphatic rings. The molecule has 1 aliphatic carbocycles. The molecule has 0 amide bonds. The summed E-state index contributed by atoms with van der Waals surface area (Å²) >= 11 is 0. The number of nitrogens with zero attached hydrogens (tertiary/aromatic N) is 3. The van der Waals surface area contributed by atoms with Crippen molar-refractivity contribution in [3.8, 4) is 35.0 Å². The normalized spacial score (nSPS) is 17.0. The van der Waals surface area contributed by atoms with Gasteiger partial charge in [0.05, 0.1) is 24.3 Å². The van der Waals surface area contributed by atoms with Gasteiger partial charge in [0.1, 0.15) is 5.69 Å². The highest BCUT2D eigenvalue weighted by Crippen LogP contribution is 2.49. The monoisotopic (exact) mass is 385 g/mol. The van der Waals surface area contributed by atoms with Crippen LogP contribution in [0.4, 0.5) is 0 Å². The first-order chi connectivity index (χ1) is 14.1. The Labute approximate surface area is 165 Å². The Hall–Kier alpha value is -4.17. The molecule has 0 radical (unpaired) electrons. The lowest BCUT2D eigenvalue weighted by Gasteiger charge is -2.07. The third kappa shape index (κ3) is 3.78. The van der Waals surface area contributed by atoms with Gasteiger partial charge in [0.25, 0.3) is 5.56 Å². The second-order valence-corrected chi connectivity index (χ2v) is 6.59. The van der Waals surface area contributed by atoms with Crippen LogP contribution in [-0.2, 0) is 0 Å². The minimum absolute atomic E-state index is 0.104. The number of hydrogen-bond acceptors (Lipinski definition) is 6. The highest BCUT2D eigenvalue weighted by molar-refractivity contribution is 5.58. The average molecular weight is 385 g/mol. The van der Waals surface area contributed by atoms with E-state index >= 15 is 0 Å². The van der Waals surface area contributed by atoms with Crippen molar-refractivity contribution in [2.75, 3.05) is 7.11 Å². The smallest absolute Gasteiger partial charge is 0.325 e. The Morgan fingerprint density at radius 1 is 1.21 bits per heavy atom. The molecule has 8 nitrogen and oxygen atoms in total. The maximum Gasteiger partial charge on any atom is 0.325 e. The van der Waals surface area contributed by atoms with Crippen molar-refractivity contribution < 1.29 is 4.74 Å². The van der Waals surface area contributed by atoms with Gasteiger partial charge in [0, 0.05) is 29.2 Å². The van der Waals surface area contributed by atoms with Crippen LogP contribution in [0.1, 0.15) is 29.0 Å². The van der Waals surface area contributed by atoms with Crippen molar-refractivity contribution in [1.82, 2.24) is 20.2 Å². The zero-order valence-electron chi connectivity index (χ0n) is 15.4. The summed E-state index contributed by atoms with van der Waals surface area (Å²) in [6.45, 7) is 0. The van der Waals surface area contributed by atoms with E-state index in [1.54, 1.807) is 24.3 Å². The Bertz CT molecular complexity index is 1310. The van der Waals surface area contributed by atoms with Crippen LogP contribution in [0.15, 0.2) is 46.1 Å². The third-order valence-corrected chi connectivity index (χ3v) is 4.66.